The average molecular weight is 290 g/mol. The molecular weight excluding hydrogens is 272 g/mol. The summed E-state index contributed by atoms with van der Waals surface area (Å²) in [5.74, 6) is -0.238. The quantitative estimate of drug-likeness (QED) is 0.776. The maximum absolute atomic E-state index is 12.4. The summed E-state index contributed by atoms with van der Waals surface area (Å²) >= 11 is 0. The minimum atomic E-state index is -0.362. The Morgan fingerprint density at radius 3 is 2.48 bits per heavy atom. The number of carbonyl (C=O) groups excluding carboxylic acids is 2. The third kappa shape index (κ3) is 2.92. The number of nitrogens with zero attached hydrogens (tertiary/aromatic N) is 4. The fraction of sp³-hybridized carbons (Fsp3) is 0.429. The summed E-state index contributed by atoms with van der Waals surface area (Å²) in [7, 11) is 7.11. The highest BCUT2D eigenvalue weighted by atomic mass is 16.5. The molecule has 0 amide bonds. The van der Waals surface area contributed by atoms with Crippen molar-refractivity contribution in [1.82, 2.24) is 14.9 Å². The summed E-state index contributed by atoms with van der Waals surface area (Å²) in [6, 6.07) is 0. The monoisotopic (exact) mass is 290 g/mol. The van der Waals surface area contributed by atoms with Gasteiger partial charge in [-0.1, -0.05) is 0 Å². The first-order valence-corrected chi connectivity index (χ1v) is 6.51. The Labute approximate surface area is 123 Å². The van der Waals surface area contributed by atoms with Gasteiger partial charge in [0.05, 0.1) is 12.7 Å². The summed E-state index contributed by atoms with van der Waals surface area (Å²) in [4.78, 5) is 36.4. The van der Waals surface area contributed by atoms with E-state index >= 15 is 0 Å². The number of rotatable bonds is 5. The summed E-state index contributed by atoms with van der Waals surface area (Å²) in [6.07, 6.45) is 2.47. The van der Waals surface area contributed by atoms with Gasteiger partial charge in [0, 0.05) is 26.2 Å². The van der Waals surface area contributed by atoms with E-state index in [0.29, 0.717) is 12.4 Å². The first-order valence-electron chi connectivity index (χ1n) is 6.51. The Balaban J connectivity index is 2.41. The van der Waals surface area contributed by atoms with Crippen LogP contribution in [0, 0.1) is 0 Å². The molecule has 0 atom stereocenters. The van der Waals surface area contributed by atoms with Crippen LogP contribution in [-0.4, -0.2) is 67.8 Å². The molecule has 0 radical (unpaired) electrons. The third-order valence-corrected chi connectivity index (χ3v) is 3.24. The number of allylic oxidation sites excluding steroid dienone is 2. The maximum Gasteiger partial charge on any atom is 0.233 e. The number of carbonyl (C=O) groups is 2. The molecule has 1 aromatic heterocycles. The van der Waals surface area contributed by atoms with E-state index in [1.165, 1.54) is 19.5 Å². The number of anilines is 1. The van der Waals surface area contributed by atoms with Crippen molar-refractivity contribution in [1.29, 1.82) is 0 Å². The topological polar surface area (TPSA) is 75.6 Å². The van der Waals surface area contributed by atoms with Gasteiger partial charge in [-0.25, -0.2) is 9.97 Å². The first kappa shape index (κ1) is 15.1. The van der Waals surface area contributed by atoms with E-state index in [9.17, 15) is 9.59 Å². The summed E-state index contributed by atoms with van der Waals surface area (Å²) < 4.78 is 4.97. The molecule has 1 heterocycles. The highest BCUT2D eigenvalue weighted by Crippen LogP contribution is 2.26. The van der Waals surface area contributed by atoms with Gasteiger partial charge < -0.3 is 14.5 Å². The van der Waals surface area contributed by atoms with Crippen LogP contribution >= 0.6 is 0 Å². The Bertz CT molecular complexity index is 610. The fourth-order valence-corrected chi connectivity index (χ4v) is 2.05. The smallest absolute Gasteiger partial charge is 0.233 e. The zero-order valence-corrected chi connectivity index (χ0v) is 12.6. The van der Waals surface area contributed by atoms with E-state index in [2.05, 4.69) is 9.97 Å². The van der Waals surface area contributed by atoms with Gasteiger partial charge in [-0.15, -0.1) is 0 Å². The van der Waals surface area contributed by atoms with Crippen LogP contribution in [-0.2, 0) is 4.74 Å². The Morgan fingerprint density at radius 1 is 1.14 bits per heavy atom. The zero-order valence-electron chi connectivity index (χ0n) is 12.6. The van der Waals surface area contributed by atoms with Gasteiger partial charge in [0.1, 0.15) is 17.8 Å². The number of ketones is 2. The lowest BCUT2D eigenvalue weighted by Gasteiger charge is -2.24. The van der Waals surface area contributed by atoms with Gasteiger partial charge in [0.25, 0.3) is 0 Å². The molecular formula is C14H18N4O3. The largest absolute Gasteiger partial charge is 0.492 e. The second kappa shape index (κ2) is 6.01. The Hall–Kier alpha value is -2.28. The first-order chi connectivity index (χ1) is 9.95. The van der Waals surface area contributed by atoms with Gasteiger partial charge in [-0.2, -0.15) is 0 Å². The van der Waals surface area contributed by atoms with E-state index < -0.39 is 0 Å². The molecule has 1 aliphatic carbocycles. The molecule has 7 heteroatoms. The van der Waals surface area contributed by atoms with E-state index in [4.69, 9.17) is 4.74 Å². The SMILES string of the molecule is COC1=CC(=O)c2ncnc(N(C)CCN(C)C)c2C1=O. The highest BCUT2D eigenvalue weighted by molar-refractivity contribution is 6.24. The summed E-state index contributed by atoms with van der Waals surface area (Å²) in [5, 5.41) is 0. The van der Waals surface area contributed by atoms with Gasteiger partial charge >= 0.3 is 0 Å². The van der Waals surface area contributed by atoms with Crippen molar-refractivity contribution in [2.75, 3.05) is 46.2 Å². The van der Waals surface area contributed by atoms with Crippen LogP contribution < -0.4 is 4.90 Å². The number of Topliss-reactive ketones (excluding diaryl/α,β-unsaturated/α-hetero) is 1. The summed E-state index contributed by atoms with van der Waals surface area (Å²) in [5.41, 5.74) is 0.339. The molecule has 0 saturated carbocycles. The molecule has 1 aliphatic rings. The minimum Gasteiger partial charge on any atom is -0.492 e. The molecule has 0 unspecified atom stereocenters. The molecule has 0 fully saturated rings. The third-order valence-electron chi connectivity index (χ3n) is 3.24. The molecule has 0 spiro atoms. The van der Waals surface area contributed by atoms with Crippen molar-refractivity contribution < 1.29 is 14.3 Å². The van der Waals surface area contributed by atoms with Crippen LogP contribution in [0.15, 0.2) is 18.2 Å². The number of likely N-dealkylation sites (N-methyl/N-ethyl adjacent to an activating group) is 2. The van der Waals surface area contributed by atoms with Crippen LogP contribution in [0.2, 0.25) is 0 Å². The molecule has 7 nitrogen and oxygen atoms in total. The molecule has 21 heavy (non-hydrogen) atoms. The number of hydrogen-bond acceptors (Lipinski definition) is 7. The predicted octanol–water partition coefficient (Wildman–Crippen LogP) is 0.384. The Morgan fingerprint density at radius 2 is 1.86 bits per heavy atom. The van der Waals surface area contributed by atoms with E-state index in [1.807, 2.05) is 30.9 Å². The molecule has 1 aromatic rings. The van der Waals surface area contributed by atoms with Gasteiger partial charge in [0.15, 0.2) is 5.76 Å². The van der Waals surface area contributed by atoms with Crippen molar-refractivity contribution in [2.45, 2.75) is 0 Å². The zero-order chi connectivity index (χ0) is 15.6. The van der Waals surface area contributed by atoms with Crippen molar-refractivity contribution in [3.8, 4) is 0 Å². The van der Waals surface area contributed by atoms with Crippen LogP contribution in [0.3, 0.4) is 0 Å². The standard InChI is InChI=1S/C14H18N4O3/c1-17(2)5-6-18(3)14-11-12(15-8-16-14)9(19)7-10(21-4)13(11)20/h7-8H,5-6H2,1-4H3. The highest BCUT2D eigenvalue weighted by Gasteiger charge is 2.32. The van der Waals surface area contributed by atoms with Gasteiger partial charge in [-0.05, 0) is 14.1 Å². The van der Waals surface area contributed by atoms with Crippen molar-refractivity contribution in [2.24, 2.45) is 0 Å². The number of aromatic nitrogens is 2. The molecule has 0 saturated heterocycles. The lowest BCUT2D eigenvalue weighted by Crippen LogP contribution is -2.32. The van der Waals surface area contributed by atoms with E-state index in [1.54, 1.807) is 0 Å². The molecule has 0 N–H and O–H groups in total. The number of ether oxygens (including phenoxy) is 1. The summed E-state index contributed by atoms with van der Waals surface area (Å²) in [6.45, 7) is 1.47. The molecule has 112 valence electrons. The minimum absolute atomic E-state index is 0.0181. The lowest BCUT2D eigenvalue weighted by molar-refractivity contribution is 0.0914. The fourth-order valence-electron chi connectivity index (χ4n) is 2.05. The van der Waals surface area contributed by atoms with Crippen LogP contribution in [0.4, 0.5) is 5.82 Å². The van der Waals surface area contributed by atoms with E-state index in [-0.39, 0.29) is 28.6 Å². The second-order valence-electron chi connectivity index (χ2n) is 5.05. The van der Waals surface area contributed by atoms with Gasteiger partial charge in [-0.3, -0.25) is 9.59 Å². The molecule has 2 rings (SSSR count). The van der Waals surface area contributed by atoms with Crippen molar-refractivity contribution in [3.63, 3.8) is 0 Å². The van der Waals surface area contributed by atoms with Crippen LogP contribution in [0.25, 0.3) is 0 Å². The van der Waals surface area contributed by atoms with Crippen molar-refractivity contribution >= 4 is 17.4 Å². The molecule has 0 bridgehead atoms. The van der Waals surface area contributed by atoms with Gasteiger partial charge in [0.2, 0.25) is 11.6 Å². The number of hydrogen-bond donors (Lipinski definition) is 0. The van der Waals surface area contributed by atoms with Crippen LogP contribution in [0.5, 0.6) is 0 Å². The molecule has 0 aliphatic heterocycles. The normalized spacial score (nSPS) is 14.0. The predicted molar refractivity (Wildman–Crippen MR) is 77.6 cm³/mol. The average Bonchev–Trinajstić information content (AvgIpc) is 2.47. The maximum atomic E-state index is 12.4. The van der Waals surface area contributed by atoms with E-state index in [0.717, 1.165) is 6.54 Å². The second-order valence-corrected chi connectivity index (χ2v) is 5.05. The Kier molecular flexibility index (Phi) is 4.32. The number of methoxy groups -OCH3 is 1. The van der Waals surface area contributed by atoms with Crippen molar-refractivity contribution in [3.05, 3.63) is 29.4 Å². The van der Waals surface area contributed by atoms with Crippen LogP contribution in [0.1, 0.15) is 20.8 Å². The lowest BCUT2D eigenvalue weighted by atomic mass is 9.98. The number of fused-ring (bicyclic) bond motifs is 1. The molecule has 0 aromatic carbocycles.